The summed E-state index contributed by atoms with van der Waals surface area (Å²) in [7, 11) is 0. The number of benzene rings is 1. The summed E-state index contributed by atoms with van der Waals surface area (Å²) in [5.74, 6) is 1.03. The van der Waals surface area contributed by atoms with Crippen LogP contribution in [0.15, 0.2) is 70.9 Å². The van der Waals surface area contributed by atoms with Gasteiger partial charge >= 0.3 is 0 Å². The molecule has 1 aliphatic rings. The Morgan fingerprint density at radius 1 is 0.903 bits per heavy atom. The van der Waals surface area contributed by atoms with Crippen LogP contribution in [0.2, 0.25) is 0 Å². The largest absolute Gasteiger partial charge is 0.289 e. The predicted molar refractivity (Wildman–Crippen MR) is 132 cm³/mol. The van der Waals surface area contributed by atoms with E-state index in [9.17, 15) is 9.59 Å². The van der Waals surface area contributed by atoms with Crippen molar-refractivity contribution >= 4 is 11.6 Å². The predicted octanol–water partition coefficient (Wildman–Crippen LogP) is 8.07. The lowest BCUT2D eigenvalue weighted by Gasteiger charge is -2.19. The van der Waals surface area contributed by atoms with Gasteiger partial charge in [0.1, 0.15) is 0 Å². The van der Waals surface area contributed by atoms with Crippen molar-refractivity contribution in [2.24, 2.45) is 11.8 Å². The van der Waals surface area contributed by atoms with Gasteiger partial charge in [0.15, 0.2) is 11.6 Å². The topological polar surface area (TPSA) is 34.1 Å². The van der Waals surface area contributed by atoms with Gasteiger partial charge in [-0.05, 0) is 71.6 Å². The first-order chi connectivity index (χ1) is 14.7. The molecule has 0 saturated heterocycles. The van der Waals surface area contributed by atoms with E-state index < -0.39 is 0 Å². The lowest BCUT2D eigenvalue weighted by atomic mass is 9.83. The summed E-state index contributed by atoms with van der Waals surface area (Å²) >= 11 is 0. The number of hydrogen-bond donors (Lipinski definition) is 0. The summed E-state index contributed by atoms with van der Waals surface area (Å²) in [4.78, 5) is 25.5. The van der Waals surface area contributed by atoms with E-state index >= 15 is 0 Å². The molecule has 0 saturated carbocycles. The van der Waals surface area contributed by atoms with Crippen LogP contribution in [0.5, 0.6) is 0 Å². The third-order valence-electron chi connectivity index (χ3n) is 6.29. The summed E-state index contributed by atoms with van der Waals surface area (Å²) in [5.41, 5.74) is 4.97. The molecule has 0 N–H and O–H groups in total. The van der Waals surface area contributed by atoms with Crippen molar-refractivity contribution in [2.45, 2.75) is 73.6 Å². The summed E-state index contributed by atoms with van der Waals surface area (Å²) < 4.78 is 0. The molecule has 31 heavy (non-hydrogen) atoms. The molecule has 2 atom stereocenters. The van der Waals surface area contributed by atoms with Gasteiger partial charge in [-0.2, -0.15) is 0 Å². The maximum absolute atomic E-state index is 12.9. The van der Waals surface area contributed by atoms with Gasteiger partial charge in [-0.3, -0.25) is 9.59 Å². The maximum Gasteiger partial charge on any atom is 0.190 e. The fourth-order valence-electron chi connectivity index (χ4n) is 3.89. The van der Waals surface area contributed by atoms with Gasteiger partial charge < -0.3 is 0 Å². The van der Waals surface area contributed by atoms with E-state index in [1.165, 1.54) is 17.6 Å². The molecule has 0 spiro atoms. The standard InChI is InChI=1S/C29H38O2/c1-20(2)12-11-14-21(3)13-7-8-15-22(4)23(5)18-19-25-24(6)28(30)26-16-9-10-17-27(26)29(25)31/h7,9-10,12-13,16-18,21-22H,8,11,14-15,19H2,1-6H3/b13-7+,23-18+. The zero-order valence-corrected chi connectivity index (χ0v) is 20.1. The van der Waals surface area contributed by atoms with Crippen molar-refractivity contribution < 1.29 is 9.59 Å². The van der Waals surface area contributed by atoms with Gasteiger partial charge in [0, 0.05) is 22.3 Å². The first-order valence-corrected chi connectivity index (χ1v) is 11.6. The van der Waals surface area contributed by atoms with E-state index in [-0.39, 0.29) is 11.6 Å². The highest BCUT2D eigenvalue weighted by molar-refractivity contribution is 6.26. The molecule has 1 aliphatic carbocycles. The molecular weight excluding hydrogens is 380 g/mol. The quantitative estimate of drug-likeness (QED) is 0.360. The Morgan fingerprint density at radius 3 is 2.19 bits per heavy atom. The molecular formula is C29H38O2. The minimum atomic E-state index is -0.0202. The van der Waals surface area contributed by atoms with E-state index in [0.717, 1.165) is 19.3 Å². The van der Waals surface area contributed by atoms with Gasteiger partial charge in [0.25, 0.3) is 0 Å². The zero-order chi connectivity index (χ0) is 23.0. The highest BCUT2D eigenvalue weighted by Gasteiger charge is 2.28. The summed E-state index contributed by atoms with van der Waals surface area (Å²) in [6.45, 7) is 12.7. The maximum atomic E-state index is 12.9. The summed E-state index contributed by atoms with van der Waals surface area (Å²) in [6, 6.07) is 7.14. The minimum absolute atomic E-state index is 0.00515. The summed E-state index contributed by atoms with van der Waals surface area (Å²) in [5, 5.41) is 0. The van der Waals surface area contributed by atoms with Crippen LogP contribution in [0.1, 0.15) is 94.4 Å². The Kier molecular flexibility index (Phi) is 9.43. The fraction of sp³-hybridized carbons (Fsp3) is 0.448. The average Bonchev–Trinajstić information content (AvgIpc) is 2.74. The van der Waals surface area contributed by atoms with E-state index in [1.54, 1.807) is 19.1 Å². The van der Waals surface area contributed by atoms with Gasteiger partial charge in [-0.25, -0.2) is 0 Å². The molecule has 0 heterocycles. The Morgan fingerprint density at radius 2 is 1.55 bits per heavy atom. The lowest BCUT2D eigenvalue weighted by Crippen LogP contribution is -2.20. The average molecular weight is 419 g/mol. The third-order valence-corrected chi connectivity index (χ3v) is 6.29. The van der Waals surface area contributed by atoms with Gasteiger partial charge in [0.05, 0.1) is 0 Å². The second-order valence-corrected chi connectivity index (χ2v) is 9.20. The van der Waals surface area contributed by atoms with Crippen LogP contribution in [-0.2, 0) is 0 Å². The van der Waals surface area contributed by atoms with Crippen molar-refractivity contribution in [3.63, 3.8) is 0 Å². The number of fused-ring (bicyclic) bond motifs is 1. The Balaban J connectivity index is 1.90. The van der Waals surface area contributed by atoms with E-state index in [0.29, 0.717) is 40.5 Å². The highest BCUT2D eigenvalue weighted by Crippen LogP contribution is 2.29. The molecule has 1 aromatic carbocycles. The second kappa shape index (κ2) is 11.8. The fourth-order valence-corrected chi connectivity index (χ4v) is 3.89. The molecule has 0 aliphatic heterocycles. The van der Waals surface area contributed by atoms with Gasteiger partial charge in [-0.15, -0.1) is 0 Å². The van der Waals surface area contributed by atoms with Crippen LogP contribution in [0.4, 0.5) is 0 Å². The number of ketones is 2. The van der Waals surface area contributed by atoms with Gasteiger partial charge in [-0.1, -0.05) is 73.6 Å². The molecule has 0 fully saturated rings. The Labute approximate surface area is 188 Å². The molecule has 2 heteroatoms. The molecule has 0 bridgehead atoms. The first-order valence-electron chi connectivity index (χ1n) is 11.6. The van der Waals surface area contributed by atoms with Crippen molar-refractivity contribution in [3.05, 3.63) is 82.0 Å². The number of carbonyl (C=O) groups is 2. The molecule has 0 amide bonds. The molecule has 2 rings (SSSR count). The summed E-state index contributed by atoms with van der Waals surface area (Å²) in [6.07, 6.45) is 14.1. The van der Waals surface area contributed by atoms with Crippen molar-refractivity contribution in [2.75, 3.05) is 0 Å². The van der Waals surface area contributed by atoms with Crippen LogP contribution >= 0.6 is 0 Å². The zero-order valence-electron chi connectivity index (χ0n) is 20.1. The SMILES string of the molecule is CC(C)=CCCC(C)/C=C/CCC(C)/C(C)=C/CC1=C(C)C(=O)c2ccccc2C1=O. The smallest absolute Gasteiger partial charge is 0.190 e. The van der Waals surface area contributed by atoms with Crippen LogP contribution in [0.3, 0.4) is 0 Å². The normalized spacial score (nSPS) is 16.5. The van der Waals surface area contributed by atoms with Gasteiger partial charge in [0.2, 0.25) is 0 Å². The molecule has 2 unspecified atom stereocenters. The first kappa shape index (κ1) is 24.8. The minimum Gasteiger partial charge on any atom is -0.289 e. The van der Waals surface area contributed by atoms with Crippen molar-refractivity contribution in [3.8, 4) is 0 Å². The molecule has 1 aromatic rings. The highest BCUT2D eigenvalue weighted by atomic mass is 16.1. The number of allylic oxidation sites excluding steroid dienone is 8. The Hall–Kier alpha value is -2.48. The van der Waals surface area contributed by atoms with Crippen molar-refractivity contribution in [1.82, 2.24) is 0 Å². The van der Waals surface area contributed by atoms with Crippen molar-refractivity contribution in [1.29, 1.82) is 0 Å². The number of carbonyl (C=O) groups excluding carboxylic acids is 2. The molecule has 0 aromatic heterocycles. The Bertz CT molecular complexity index is 920. The van der Waals surface area contributed by atoms with E-state index in [4.69, 9.17) is 0 Å². The monoisotopic (exact) mass is 418 g/mol. The second-order valence-electron chi connectivity index (χ2n) is 9.20. The van der Waals surface area contributed by atoms with Crippen LogP contribution < -0.4 is 0 Å². The molecule has 0 radical (unpaired) electrons. The number of Topliss-reactive ketones (excluding diaryl/α,β-unsaturated/α-hetero) is 2. The van der Waals surface area contributed by atoms with E-state index in [1.807, 2.05) is 12.1 Å². The van der Waals surface area contributed by atoms with Crippen LogP contribution in [-0.4, -0.2) is 11.6 Å². The number of rotatable bonds is 10. The van der Waals surface area contributed by atoms with Crippen LogP contribution in [0, 0.1) is 11.8 Å². The van der Waals surface area contributed by atoms with E-state index in [2.05, 4.69) is 58.9 Å². The third kappa shape index (κ3) is 7.02. The number of hydrogen-bond acceptors (Lipinski definition) is 2. The lowest BCUT2D eigenvalue weighted by molar-refractivity contribution is 0.0973. The molecule has 2 nitrogen and oxygen atoms in total. The van der Waals surface area contributed by atoms with Crippen LogP contribution in [0.25, 0.3) is 0 Å². The molecule has 166 valence electrons.